The highest BCUT2D eigenvalue weighted by Crippen LogP contribution is 2.28. The number of carboxylic acids is 1. The van der Waals surface area contributed by atoms with Crippen LogP contribution in [0.1, 0.15) is 68.3 Å². The number of hydrogen-bond acceptors (Lipinski definition) is 3. The van der Waals surface area contributed by atoms with Crippen molar-refractivity contribution < 1.29 is 14.3 Å². The first kappa shape index (κ1) is 14.1. The Morgan fingerprint density at radius 2 is 2.11 bits per heavy atom. The summed E-state index contributed by atoms with van der Waals surface area (Å²) in [5.41, 5.74) is 0. The number of aromatic carboxylic acids is 1. The summed E-state index contributed by atoms with van der Waals surface area (Å²) in [5.74, 6) is 0.589. The minimum atomic E-state index is -1.01. The van der Waals surface area contributed by atoms with Gasteiger partial charge in [-0.1, -0.05) is 13.3 Å². The monoisotopic (exact) mass is 265 g/mol. The highest BCUT2D eigenvalue weighted by molar-refractivity contribution is 5.84. The summed E-state index contributed by atoms with van der Waals surface area (Å²) < 4.78 is 5.33. The van der Waals surface area contributed by atoms with Crippen LogP contribution in [0.4, 0.5) is 0 Å². The van der Waals surface area contributed by atoms with E-state index in [0.29, 0.717) is 11.8 Å². The van der Waals surface area contributed by atoms with Gasteiger partial charge in [0.15, 0.2) is 0 Å². The van der Waals surface area contributed by atoms with Gasteiger partial charge in [-0.15, -0.1) is 0 Å². The van der Waals surface area contributed by atoms with Crippen LogP contribution in [0.25, 0.3) is 0 Å². The predicted octanol–water partition coefficient (Wildman–Crippen LogP) is 3.60. The molecule has 0 aromatic carbocycles. The zero-order valence-corrected chi connectivity index (χ0v) is 11.7. The Bertz CT molecular complexity index is 419. The van der Waals surface area contributed by atoms with Crippen molar-refractivity contribution in [3.05, 3.63) is 23.7 Å². The quantitative estimate of drug-likeness (QED) is 0.854. The second kappa shape index (κ2) is 6.24. The van der Waals surface area contributed by atoms with Crippen LogP contribution in [0.2, 0.25) is 0 Å². The van der Waals surface area contributed by atoms with Crippen molar-refractivity contribution in [2.45, 2.75) is 58.0 Å². The van der Waals surface area contributed by atoms with Gasteiger partial charge < -0.3 is 14.8 Å². The topological polar surface area (TPSA) is 62.5 Å². The Hall–Kier alpha value is -1.29. The summed E-state index contributed by atoms with van der Waals surface area (Å²) in [4.78, 5) is 10.8. The molecule has 1 aliphatic rings. The second-order valence-corrected chi connectivity index (χ2v) is 5.52. The highest BCUT2D eigenvalue weighted by atomic mass is 16.4. The minimum absolute atomic E-state index is 0.0124. The predicted molar refractivity (Wildman–Crippen MR) is 73.3 cm³/mol. The van der Waals surface area contributed by atoms with Crippen LogP contribution in [0.15, 0.2) is 16.5 Å². The molecule has 0 bridgehead atoms. The van der Waals surface area contributed by atoms with Crippen molar-refractivity contribution >= 4 is 5.97 Å². The van der Waals surface area contributed by atoms with Crippen LogP contribution in [-0.4, -0.2) is 17.1 Å². The number of carboxylic acid groups (broad SMARTS) is 1. The SMILES string of the molecule is CCC1CCC(NC(C)c2ccc(C(=O)O)o2)CC1. The van der Waals surface area contributed by atoms with Gasteiger partial charge in [0.2, 0.25) is 5.76 Å². The van der Waals surface area contributed by atoms with E-state index in [0.717, 1.165) is 5.92 Å². The van der Waals surface area contributed by atoms with Crippen molar-refractivity contribution in [1.82, 2.24) is 5.32 Å². The van der Waals surface area contributed by atoms with Gasteiger partial charge in [-0.25, -0.2) is 4.79 Å². The van der Waals surface area contributed by atoms with E-state index in [4.69, 9.17) is 9.52 Å². The fourth-order valence-electron chi connectivity index (χ4n) is 2.87. The molecule has 0 aliphatic heterocycles. The summed E-state index contributed by atoms with van der Waals surface area (Å²) in [6, 6.07) is 3.86. The molecule has 4 heteroatoms. The molecular weight excluding hydrogens is 242 g/mol. The van der Waals surface area contributed by atoms with Crippen molar-refractivity contribution in [2.24, 2.45) is 5.92 Å². The molecule has 1 fully saturated rings. The molecule has 0 saturated heterocycles. The standard InChI is InChI=1S/C15H23NO3/c1-3-11-4-6-12(7-5-11)16-10(2)13-8-9-14(19-13)15(17)18/h8-12,16H,3-7H2,1-2H3,(H,17,18). The van der Waals surface area contributed by atoms with Crippen molar-refractivity contribution in [3.63, 3.8) is 0 Å². The van der Waals surface area contributed by atoms with E-state index in [9.17, 15) is 4.79 Å². The molecule has 1 atom stereocenters. The third kappa shape index (κ3) is 3.60. The van der Waals surface area contributed by atoms with Crippen molar-refractivity contribution in [2.75, 3.05) is 0 Å². The first-order chi connectivity index (χ1) is 9.10. The molecule has 2 N–H and O–H groups in total. The number of rotatable bonds is 5. The molecule has 0 radical (unpaired) electrons. The van der Waals surface area contributed by atoms with Gasteiger partial charge in [0, 0.05) is 6.04 Å². The highest BCUT2D eigenvalue weighted by Gasteiger charge is 2.22. The number of nitrogens with one attached hydrogen (secondary N) is 1. The maximum Gasteiger partial charge on any atom is 0.371 e. The van der Waals surface area contributed by atoms with Gasteiger partial charge >= 0.3 is 5.97 Å². The molecule has 1 saturated carbocycles. The summed E-state index contributed by atoms with van der Waals surface area (Å²) in [6.07, 6.45) is 6.27. The maximum absolute atomic E-state index is 10.8. The van der Waals surface area contributed by atoms with E-state index in [-0.39, 0.29) is 11.8 Å². The Balaban J connectivity index is 1.86. The lowest BCUT2D eigenvalue weighted by molar-refractivity contribution is 0.0659. The van der Waals surface area contributed by atoms with Gasteiger partial charge in [0.05, 0.1) is 6.04 Å². The lowest BCUT2D eigenvalue weighted by Crippen LogP contribution is -2.34. The number of hydrogen-bond donors (Lipinski definition) is 2. The molecule has 1 unspecified atom stereocenters. The molecule has 106 valence electrons. The number of carbonyl (C=O) groups is 1. The third-order valence-corrected chi connectivity index (χ3v) is 4.17. The van der Waals surface area contributed by atoms with Crippen molar-refractivity contribution in [3.8, 4) is 0 Å². The Labute approximate surface area is 114 Å². The van der Waals surface area contributed by atoms with Crippen LogP contribution in [0, 0.1) is 5.92 Å². The lowest BCUT2D eigenvalue weighted by Gasteiger charge is -2.30. The van der Waals surface area contributed by atoms with Crippen LogP contribution in [0.5, 0.6) is 0 Å². The molecule has 1 aromatic heterocycles. The van der Waals surface area contributed by atoms with Gasteiger partial charge in [-0.2, -0.15) is 0 Å². The van der Waals surface area contributed by atoms with Gasteiger partial charge in [0.1, 0.15) is 5.76 Å². The minimum Gasteiger partial charge on any atom is -0.475 e. The van der Waals surface area contributed by atoms with Gasteiger partial charge in [-0.3, -0.25) is 0 Å². The second-order valence-electron chi connectivity index (χ2n) is 5.52. The van der Waals surface area contributed by atoms with Gasteiger partial charge in [0.25, 0.3) is 0 Å². The Kier molecular flexibility index (Phi) is 4.64. The van der Waals surface area contributed by atoms with Crippen LogP contribution < -0.4 is 5.32 Å². The van der Waals surface area contributed by atoms with E-state index in [2.05, 4.69) is 12.2 Å². The summed E-state index contributed by atoms with van der Waals surface area (Å²) >= 11 is 0. The van der Waals surface area contributed by atoms with E-state index in [1.54, 1.807) is 6.07 Å². The van der Waals surface area contributed by atoms with Crippen molar-refractivity contribution in [1.29, 1.82) is 0 Å². The van der Waals surface area contributed by atoms with E-state index in [1.807, 2.05) is 6.92 Å². The average Bonchev–Trinajstić information content (AvgIpc) is 2.89. The van der Waals surface area contributed by atoms with Crippen LogP contribution in [0.3, 0.4) is 0 Å². The summed E-state index contributed by atoms with van der Waals surface area (Å²) in [7, 11) is 0. The third-order valence-electron chi connectivity index (χ3n) is 4.17. The van der Waals surface area contributed by atoms with Gasteiger partial charge in [-0.05, 0) is 50.7 Å². The van der Waals surface area contributed by atoms with E-state index < -0.39 is 5.97 Å². The Morgan fingerprint density at radius 1 is 1.42 bits per heavy atom. The summed E-state index contributed by atoms with van der Waals surface area (Å²) in [6.45, 7) is 4.29. The van der Waals surface area contributed by atoms with E-state index in [1.165, 1.54) is 38.2 Å². The van der Waals surface area contributed by atoms with E-state index >= 15 is 0 Å². The first-order valence-electron chi connectivity index (χ1n) is 7.19. The zero-order chi connectivity index (χ0) is 13.8. The number of furan rings is 1. The molecule has 0 spiro atoms. The van der Waals surface area contributed by atoms with Crippen LogP contribution >= 0.6 is 0 Å². The molecule has 4 nitrogen and oxygen atoms in total. The molecular formula is C15H23NO3. The molecule has 0 amide bonds. The maximum atomic E-state index is 10.8. The fraction of sp³-hybridized carbons (Fsp3) is 0.667. The smallest absolute Gasteiger partial charge is 0.371 e. The molecule has 1 heterocycles. The largest absolute Gasteiger partial charge is 0.475 e. The normalized spacial score (nSPS) is 25.2. The zero-order valence-electron chi connectivity index (χ0n) is 11.7. The molecule has 19 heavy (non-hydrogen) atoms. The summed E-state index contributed by atoms with van der Waals surface area (Å²) in [5, 5.41) is 12.4. The molecule has 1 aromatic rings. The lowest BCUT2D eigenvalue weighted by atomic mass is 9.84. The Morgan fingerprint density at radius 3 is 2.63 bits per heavy atom. The first-order valence-corrected chi connectivity index (χ1v) is 7.19. The molecule has 1 aliphatic carbocycles. The fourth-order valence-corrected chi connectivity index (χ4v) is 2.87. The average molecular weight is 265 g/mol. The molecule has 2 rings (SSSR count). The van der Waals surface area contributed by atoms with Crippen LogP contribution in [-0.2, 0) is 0 Å².